The fourth-order valence-corrected chi connectivity index (χ4v) is 5.17. The number of nitrogens with zero attached hydrogens (tertiary/aromatic N) is 2. The van der Waals surface area contributed by atoms with E-state index in [-0.39, 0.29) is 24.0 Å². The molecule has 0 aliphatic heterocycles. The van der Waals surface area contributed by atoms with Gasteiger partial charge in [0.05, 0.1) is 23.4 Å². The van der Waals surface area contributed by atoms with Gasteiger partial charge in [-0.05, 0) is 48.6 Å². The van der Waals surface area contributed by atoms with Crippen molar-refractivity contribution in [1.82, 2.24) is 9.71 Å². The minimum Gasteiger partial charge on any atom is -0.485 e. The van der Waals surface area contributed by atoms with Crippen LogP contribution in [0.5, 0.6) is 11.5 Å². The van der Waals surface area contributed by atoms with Gasteiger partial charge in [0.1, 0.15) is 12.4 Å². The van der Waals surface area contributed by atoms with E-state index in [1.165, 1.54) is 12.1 Å². The van der Waals surface area contributed by atoms with E-state index in [0.29, 0.717) is 11.3 Å². The molecule has 0 saturated heterocycles. The van der Waals surface area contributed by atoms with E-state index in [1.807, 2.05) is 30.3 Å². The van der Waals surface area contributed by atoms with Gasteiger partial charge < -0.3 is 4.74 Å². The van der Waals surface area contributed by atoms with Crippen LogP contribution < -0.4 is 14.3 Å². The largest absolute Gasteiger partial charge is 0.485 e. The number of benzene rings is 2. The molecule has 190 valence electrons. The Morgan fingerprint density at radius 1 is 1.11 bits per heavy atom. The van der Waals surface area contributed by atoms with Crippen molar-refractivity contribution in [2.75, 3.05) is 6.26 Å². The number of rotatable bonds is 9. The van der Waals surface area contributed by atoms with Crippen molar-refractivity contribution in [3.8, 4) is 11.5 Å². The van der Waals surface area contributed by atoms with Gasteiger partial charge in [0.25, 0.3) is 5.09 Å². The maximum Gasteiger partial charge on any atom is 0.299 e. The maximum absolute atomic E-state index is 13.0. The second kappa shape index (κ2) is 10.9. The molecule has 1 atom stereocenters. The van der Waals surface area contributed by atoms with E-state index in [4.69, 9.17) is 9.57 Å². The van der Waals surface area contributed by atoms with Crippen LogP contribution >= 0.6 is 0 Å². The lowest BCUT2D eigenvalue weighted by Gasteiger charge is -2.30. The number of para-hydroxylation sites is 1. The normalized spacial score (nSPS) is 15.2. The molecule has 1 unspecified atom stereocenters. The highest BCUT2D eigenvalue weighted by molar-refractivity contribution is 7.89. The number of sulfonamides is 1. The molecule has 11 heteroatoms. The van der Waals surface area contributed by atoms with Gasteiger partial charge in [-0.2, -0.15) is 0 Å². The first-order valence-electron chi connectivity index (χ1n) is 11.6. The van der Waals surface area contributed by atoms with Crippen LogP contribution in [0.25, 0.3) is 10.9 Å². The Morgan fingerprint density at radius 2 is 1.86 bits per heavy atom. The van der Waals surface area contributed by atoms with E-state index in [0.717, 1.165) is 49.3 Å². The molecule has 1 amide bonds. The third kappa shape index (κ3) is 6.48. The second-order valence-electron chi connectivity index (χ2n) is 8.92. The van der Waals surface area contributed by atoms with Gasteiger partial charge in [0.2, 0.25) is 15.9 Å². The molecule has 0 spiro atoms. The first kappa shape index (κ1) is 25.4. The number of pyridine rings is 1. The molecule has 1 fully saturated rings. The quantitative estimate of drug-likeness (QED) is 0.333. The second-order valence-corrected chi connectivity index (χ2v) is 10.7. The minimum atomic E-state index is -3.78. The minimum absolute atomic E-state index is 0.0405. The highest BCUT2D eigenvalue weighted by atomic mass is 32.2. The van der Waals surface area contributed by atoms with Crippen LogP contribution in [0.3, 0.4) is 0 Å². The van der Waals surface area contributed by atoms with Gasteiger partial charge in [0, 0.05) is 5.39 Å². The average molecular weight is 514 g/mol. The van der Waals surface area contributed by atoms with Gasteiger partial charge >= 0.3 is 0 Å². The number of hydrogen-bond donors (Lipinski definition) is 1. The molecule has 2 aromatic carbocycles. The first-order valence-corrected chi connectivity index (χ1v) is 13.5. The molecule has 1 aromatic heterocycles. The molecule has 1 N–H and O–H groups in total. The monoisotopic (exact) mass is 513 g/mol. The molecule has 1 saturated carbocycles. The molecule has 0 radical (unpaired) electrons. The Morgan fingerprint density at radius 3 is 2.58 bits per heavy atom. The Hall–Kier alpha value is -3.73. The molecule has 36 heavy (non-hydrogen) atoms. The summed E-state index contributed by atoms with van der Waals surface area (Å²) in [5.74, 6) is -1.63. The highest BCUT2D eigenvalue weighted by Crippen LogP contribution is 2.39. The van der Waals surface area contributed by atoms with Gasteiger partial charge in [-0.1, -0.05) is 49.6 Å². The molecule has 0 bridgehead atoms. The zero-order chi connectivity index (χ0) is 25.7. The van der Waals surface area contributed by atoms with E-state index in [2.05, 4.69) is 9.71 Å². The van der Waals surface area contributed by atoms with Crippen molar-refractivity contribution in [2.24, 2.45) is 5.92 Å². The van der Waals surface area contributed by atoms with E-state index in [1.54, 1.807) is 12.1 Å². The van der Waals surface area contributed by atoms with Gasteiger partial charge in [0.15, 0.2) is 5.75 Å². The van der Waals surface area contributed by atoms with Crippen molar-refractivity contribution >= 4 is 26.8 Å². The number of carbonyl (C=O) groups is 1. The number of fused-ring (bicyclic) bond motifs is 1. The molecule has 1 aliphatic carbocycles. The third-order valence-electron chi connectivity index (χ3n) is 6.22. The summed E-state index contributed by atoms with van der Waals surface area (Å²) < 4.78 is 31.4. The average Bonchev–Trinajstić information content (AvgIpc) is 2.83. The summed E-state index contributed by atoms with van der Waals surface area (Å²) in [5.41, 5.74) is 1.84. The predicted molar refractivity (Wildman–Crippen MR) is 132 cm³/mol. The van der Waals surface area contributed by atoms with Crippen LogP contribution in [0.15, 0.2) is 54.6 Å². The van der Waals surface area contributed by atoms with E-state index >= 15 is 0 Å². The number of hydrogen-bond acceptors (Lipinski definition) is 8. The summed E-state index contributed by atoms with van der Waals surface area (Å²) >= 11 is 0. The molecule has 4 rings (SSSR count). The van der Waals surface area contributed by atoms with Crippen LogP contribution in [0.2, 0.25) is 0 Å². The summed E-state index contributed by atoms with van der Waals surface area (Å²) in [5, 5.41) is 11.2. The van der Waals surface area contributed by atoms with Gasteiger partial charge in [-0.3, -0.25) is 14.4 Å². The van der Waals surface area contributed by atoms with Crippen LogP contribution in [0.1, 0.15) is 49.3 Å². The number of ether oxygens (including phenoxy) is 1. The number of carbonyl (C=O) groups excluding carboxylic acids is 1. The summed E-state index contributed by atoms with van der Waals surface area (Å²) in [4.78, 5) is 33.5. The first-order chi connectivity index (χ1) is 17.2. The van der Waals surface area contributed by atoms with Crippen LogP contribution in [-0.4, -0.2) is 30.7 Å². The lowest BCUT2D eigenvalue weighted by Crippen LogP contribution is -2.37. The maximum atomic E-state index is 13.0. The summed E-state index contributed by atoms with van der Waals surface area (Å²) in [6, 6.07) is 15.8. The summed E-state index contributed by atoms with van der Waals surface area (Å²) in [6.45, 7) is 0.0405. The van der Waals surface area contributed by atoms with Crippen molar-refractivity contribution in [3.63, 3.8) is 0 Å². The van der Waals surface area contributed by atoms with E-state index < -0.39 is 26.9 Å². The molecule has 1 aliphatic rings. The lowest BCUT2D eigenvalue weighted by molar-refractivity contribution is -0.711. The topological polar surface area (TPSA) is 138 Å². The predicted octanol–water partition coefficient (Wildman–Crippen LogP) is 4.12. The number of amides is 1. The third-order valence-corrected chi connectivity index (χ3v) is 6.79. The summed E-state index contributed by atoms with van der Waals surface area (Å²) in [6.07, 6.45) is 5.30. The smallest absolute Gasteiger partial charge is 0.299 e. The Balaban J connectivity index is 1.62. The van der Waals surface area contributed by atoms with Crippen molar-refractivity contribution < 1.29 is 27.9 Å². The molecular weight excluding hydrogens is 486 g/mol. The Kier molecular flexibility index (Phi) is 7.68. The van der Waals surface area contributed by atoms with E-state index in [9.17, 15) is 23.3 Å². The zero-order valence-electron chi connectivity index (χ0n) is 19.8. The van der Waals surface area contributed by atoms with Crippen LogP contribution in [0.4, 0.5) is 0 Å². The fourth-order valence-electron chi connectivity index (χ4n) is 4.68. The Bertz CT molecular complexity index is 1370. The molecular formula is C25H27N3O7S. The van der Waals surface area contributed by atoms with Gasteiger partial charge in [-0.25, -0.2) is 13.4 Å². The highest BCUT2D eigenvalue weighted by Gasteiger charge is 2.33. The van der Waals surface area contributed by atoms with Crippen molar-refractivity contribution in [2.45, 2.75) is 44.6 Å². The van der Waals surface area contributed by atoms with Crippen molar-refractivity contribution in [3.05, 3.63) is 76.0 Å². The summed E-state index contributed by atoms with van der Waals surface area (Å²) in [7, 11) is -3.78. The van der Waals surface area contributed by atoms with Crippen LogP contribution in [0, 0.1) is 16.0 Å². The molecule has 1 heterocycles. The lowest BCUT2D eigenvalue weighted by atomic mass is 9.76. The van der Waals surface area contributed by atoms with Crippen LogP contribution in [-0.2, 0) is 21.4 Å². The fraction of sp³-hybridized carbons (Fsp3) is 0.360. The van der Waals surface area contributed by atoms with Crippen molar-refractivity contribution in [1.29, 1.82) is 0 Å². The number of aromatic nitrogens is 1. The molecule has 10 nitrogen and oxygen atoms in total. The Labute approximate surface area is 208 Å². The molecule has 3 aromatic rings. The van der Waals surface area contributed by atoms with Gasteiger partial charge in [-0.15, -0.1) is 10.1 Å². The SMILES string of the molecule is CS(=O)(=O)NC(=O)C(c1ccc(OCc2ccc3ccccc3n2)c(O[N+](=O)[O-])c1)C1CCCCC1. The standard InChI is InChI=1S/C25H27N3O7S/c1-36(32,33)27-25(29)24(18-8-3-2-4-9-18)19-12-14-22(23(15-19)35-28(30)31)34-16-20-13-11-17-7-5-6-10-21(17)26-20/h5-7,10-15,18,24H,2-4,8-9,16H2,1H3,(H,27,29). The zero-order valence-corrected chi connectivity index (χ0v) is 20.6. The number of nitrogens with one attached hydrogen (secondary N) is 1.